The second kappa shape index (κ2) is 3.37. The van der Waals surface area contributed by atoms with Crippen molar-refractivity contribution in [1.29, 1.82) is 0 Å². The molecular formula is C11H14BrN3. The first-order chi connectivity index (χ1) is 7.27. The predicted molar refractivity (Wildman–Crippen MR) is 65.2 cm³/mol. The van der Waals surface area contributed by atoms with Crippen molar-refractivity contribution in [2.75, 3.05) is 17.2 Å². The molecule has 1 aliphatic carbocycles. The quantitative estimate of drug-likeness (QED) is 0.759. The lowest BCUT2D eigenvalue weighted by Gasteiger charge is -2.36. The maximum atomic E-state index is 4.42. The fourth-order valence-electron chi connectivity index (χ4n) is 2.59. The van der Waals surface area contributed by atoms with Gasteiger partial charge in [-0.25, -0.2) is 4.98 Å². The smallest absolute Gasteiger partial charge is 0.149 e. The number of hydrogen-bond acceptors (Lipinski definition) is 3. The summed E-state index contributed by atoms with van der Waals surface area (Å²) in [4.78, 5) is 4.42. The van der Waals surface area contributed by atoms with Crippen LogP contribution in [0.15, 0.2) is 16.7 Å². The van der Waals surface area contributed by atoms with Gasteiger partial charge in [0.25, 0.3) is 0 Å². The Hall–Kier alpha value is -0.770. The number of rotatable bonds is 0. The molecule has 2 heterocycles. The van der Waals surface area contributed by atoms with Crippen LogP contribution in [0.2, 0.25) is 0 Å². The highest BCUT2D eigenvalue weighted by molar-refractivity contribution is 9.10. The van der Waals surface area contributed by atoms with Crippen molar-refractivity contribution in [2.45, 2.75) is 31.2 Å². The molecule has 1 fully saturated rings. The fourth-order valence-corrected chi connectivity index (χ4v) is 2.92. The van der Waals surface area contributed by atoms with Crippen molar-refractivity contribution in [2.24, 2.45) is 0 Å². The molecule has 0 unspecified atom stereocenters. The van der Waals surface area contributed by atoms with Crippen LogP contribution in [0.3, 0.4) is 0 Å². The van der Waals surface area contributed by atoms with Gasteiger partial charge in [0.1, 0.15) is 5.82 Å². The number of nitrogens with zero attached hydrogens (tertiary/aromatic N) is 1. The summed E-state index contributed by atoms with van der Waals surface area (Å²) in [6, 6.07) is 2.08. The molecule has 1 aromatic rings. The van der Waals surface area contributed by atoms with E-state index in [2.05, 4.69) is 37.6 Å². The van der Waals surface area contributed by atoms with Gasteiger partial charge in [-0.3, -0.25) is 0 Å². The van der Waals surface area contributed by atoms with E-state index in [1.165, 1.54) is 25.7 Å². The Morgan fingerprint density at radius 3 is 2.93 bits per heavy atom. The van der Waals surface area contributed by atoms with E-state index < -0.39 is 0 Å². The van der Waals surface area contributed by atoms with Gasteiger partial charge in [-0.15, -0.1) is 0 Å². The lowest BCUT2D eigenvalue weighted by atomic mass is 9.95. The van der Waals surface area contributed by atoms with Crippen LogP contribution < -0.4 is 10.6 Å². The van der Waals surface area contributed by atoms with Crippen molar-refractivity contribution in [3.05, 3.63) is 16.7 Å². The zero-order valence-electron chi connectivity index (χ0n) is 8.52. The fraction of sp³-hybridized carbons (Fsp3) is 0.545. The second-order valence-electron chi connectivity index (χ2n) is 4.52. The zero-order valence-corrected chi connectivity index (χ0v) is 10.1. The van der Waals surface area contributed by atoms with Crippen LogP contribution in [0.4, 0.5) is 11.5 Å². The van der Waals surface area contributed by atoms with Crippen LogP contribution in [0.25, 0.3) is 0 Å². The summed E-state index contributed by atoms with van der Waals surface area (Å²) in [6.07, 6.45) is 7.04. The number of halogens is 1. The van der Waals surface area contributed by atoms with Gasteiger partial charge >= 0.3 is 0 Å². The third-order valence-electron chi connectivity index (χ3n) is 3.42. The van der Waals surface area contributed by atoms with Crippen molar-refractivity contribution in [1.82, 2.24) is 4.98 Å². The van der Waals surface area contributed by atoms with E-state index in [4.69, 9.17) is 0 Å². The molecule has 1 spiro atoms. The van der Waals surface area contributed by atoms with E-state index in [0.29, 0.717) is 0 Å². The topological polar surface area (TPSA) is 37.0 Å². The predicted octanol–water partition coefficient (Wildman–Crippen LogP) is 2.99. The van der Waals surface area contributed by atoms with E-state index in [1.807, 2.05) is 6.20 Å². The summed E-state index contributed by atoms with van der Waals surface area (Å²) in [7, 11) is 0. The van der Waals surface area contributed by atoms with Crippen LogP contribution in [-0.4, -0.2) is 17.1 Å². The summed E-state index contributed by atoms with van der Waals surface area (Å²) in [5.74, 6) is 1.01. The summed E-state index contributed by atoms with van der Waals surface area (Å²) < 4.78 is 1.03. The molecule has 0 aromatic carbocycles. The third kappa shape index (κ3) is 1.61. The molecule has 0 amide bonds. The molecule has 3 nitrogen and oxygen atoms in total. The van der Waals surface area contributed by atoms with Crippen molar-refractivity contribution in [3.8, 4) is 0 Å². The molecule has 1 aliphatic heterocycles. The Balaban J connectivity index is 1.93. The van der Waals surface area contributed by atoms with Gasteiger partial charge in [-0.2, -0.15) is 0 Å². The largest absolute Gasteiger partial charge is 0.380 e. The summed E-state index contributed by atoms with van der Waals surface area (Å²) in [5.41, 5.74) is 1.38. The Morgan fingerprint density at radius 2 is 2.13 bits per heavy atom. The number of aromatic nitrogens is 1. The molecule has 2 N–H and O–H groups in total. The van der Waals surface area contributed by atoms with Gasteiger partial charge in [-0.05, 0) is 34.8 Å². The molecule has 0 atom stereocenters. The van der Waals surface area contributed by atoms with E-state index >= 15 is 0 Å². The van der Waals surface area contributed by atoms with E-state index in [9.17, 15) is 0 Å². The van der Waals surface area contributed by atoms with Crippen LogP contribution in [0.1, 0.15) is 25.7 Å². The minimum Gasteiger partial charge on any atom is -0.380 e. The lowest BCUT2D eigenvalue weighted by Crippen LogP contribution is -2.45. The highest BCUT2D eigenvalue weighted by atomic mass is 79.9. The van der Waals surface area contributed by atoms with E-state index in [-0.39, 0.29) is 5.54 Å². The van der Waals surface area contributed by atoms with Crippen LogP contribution in [0, 0.1) is 0 Å². The van der Waals surface area contributed by atoms with E-state index in [0.717, 1.165) is 22.5 Å². The first-order valence-electron chi connectivity index (χ1n) is 5.45. The first-order valence-corrected chi connectivity index (χ1v) is 6.24. The van der Waals surface area contributed by atoms with Gasteiger partial charge in [0.2, 0.25) is 0 Å². The molecule has 0 radical (unpaired) electrons. The molecule has 2 aliphatic rings. The third-order valence-corrected chi connectivity index (χ3v) is 3.85. The molecule has 0 saturated heterocycles. The molecule has 0 bridgehead atoms. The maximum absolute atomic E-state index is 4.42. The second-order valence-corrected chi connectivity index (χ2v) is 5.43. The monoisotopic (exact) mass is 267 g/mol. The standard InChI is InChI=1S/C11H14BrN3/c12-8-5-9-10(13-6-8)15-11(7-14-9)3-1-2-4-11/h5-6,14H,1-4,7H2,(H,13,15). The summed E-state index contributed by atoms with van der Waals surface area (Å²) in [6.45, 7) is 1.03. The average Bonchev–Trinajstić information content (AvgIpc) is 2.67. The highest BCUT2D eigenvalue weighted by Crippen LogP contribution is 2.38. The minimum absolute atomic E-state index is 0.272. The van der Waals surface area contributed by atoms with Crippen molar-refractivity contribution >= 4 is 27.4 Å². The minimum atomic E-state index is 0.272. The SMILES string of the molecule is Brc1cnc2c(c1)NCC1(CCCC1)N2. The molecule has 1 saturated carbocycles. The van der Waals surface area contributed by atoms with Gasteiger partial charge in [0.15, 0.2) is 0 Å². The van der Waals surface area contributed by atoms with Crippen LogP contribution in [-0.2, 0) is 0 Å². The molecular weight excluding hydrogens is 254 g/mol. The van der Waals surface area contributed by atoms with E-state index in [1.54, 1.807) is 0 Å². The number of pyridine rings is 1. The number of nitrogens with one attached hydrogen (secondary N) is 2. The lowest BCUT2D eigenvalue weighted by molar-refractivity contribution is 0.497. The Bertz CT molecular complexity index is 385. The summed E-state index contributed by atoms with van der Waals surface area (Å²) >= 11 is 3.44. The normalized spacial score (nSPS) is 21.9. The van der Waals surface area contributed by atoms with Crippen molar-refractivity contribution in [3.63, 3.8) is 0 Å². The van der Waals surface area contributed by atoms with Gasteiger partial charge in [0.05, 0.1) is 11.2 Å². The highest BCUT2D eigenvalue weighted by Gasteiger charge is 2.37. The first kappa shape index (κ1) is 9.46. The van der Waals surface area contributed by atoms with Gasteiger partial charge in [0, 0.05) is 17.2 Å². The molecule has 3 rings (SSSR count). The van der Waals surface area contributed by atoms with Crippen molar-refractivity contribution < 1.29 is 0 Å². The molecule has 1 aromatic heterocycles. The van der Waals surface area contributed by atoms with Gasteiger partial charge < -0.3 is 10.6 Å². The van der Waals surface area contributed by atoms with Gasteiger partial charge in [-0.1, -0.05) is 12.8 Å². The number of fused-ring (bicyclic) bond motifs is 1. The molecule has 80 valence electrons. The zero-order chi connectivity index (χ0) is 10.3. The molecule has 15 heavy (non-hydrogen) atoms. The van der Waals surface area contributed by atoms with Crippen LogP contribution in [0.5, 0.6) is 0 Å². The maximum Gasteiger partial charge on any atom is 0.149 e. The number of anilines is 2. The Kier molecular flexibility index (Phi) is 2.12. The summed E-state index contributed by atoms with van der Waals surface area (Å²) in [5, 5.41) is 7.09. The Labute approximate surface area is 97.8 Å². The van der Waals surface area contributed by atoms with Crippen LogP contribution >= 0.6 is 15.9 Å². The average molecular weight is 268 g/mol. The number of hydrogen-bond donors (Lipinski definition) is 2. The Morgan fingerprint density at radius 1 is 1.33 bits per heavy atom. The molecule has 4 heteroatoms.